The summed E-state index contributed by atoms with van der Waals surface area (Å²) in [7, 11) is 3.97. The third-order valence-electron chi connectivity index (χ3n) is 7.61. The minimum atomic E-state index is -0.798. The van der Waals surface area contributed by atoms with Gasteiger partial charge in [0.05, 0.1) is 0 Å². The molecule has 1 atom stereocenters. The first kappa shape index (κ1) is 25.0. The molecule has 0 radical (unpaired) electrons. The number of anilines is 2. The second-order valence-corrected chi connectivity index (χ2v) is 10.1. The summed E-state index contributed by atoms with van der Waals surface area (Å²) in [5, 5.41) is 12.3. The summed E-state index contributed by atoms with van der Waals surface area (Å²) < 4.78 is 0. The molecule has 1 unspecified atom stereocenters. The highest BCUT2D eigenvalue weighted by Gasteiger charge is 2.28. The molecule has 1 fully saturated rings. The first-order valence-corrected chi connectivity index (χ1v) is 12.8. The van der Waals surface area contributed by atoms with Crippen molar-refractivity contribution in [1.29, 1.82) is 0 Å². The minimum absolute atomic E-state index is 0.0921. The molecule has 1 heterocycles. The Hall–Kier alpha value is -3.06. The number of nitrogens with one attached hydrogen (secondary N) is 1. The standard InChI is InChI=1S/C28H38N4O3/c1-4-31(19-20-13-15-32(16-14-20)28(34)35)26-12-6-21-5-9-24(17-23(21)18-26)29-27(33)22-7-10-25(11-8-22)30(2)3/h5,7-11,17,20,26H,4,6,12-16,18-19H2,1-3H3,(H,29,33)(H,34,35). The lowest BCUT2D eigenvalue weighted by molar-refractivity contribution is 0.101. The maximum absolute atomic E-state index is 12.8. The highest BCUT2D eigenvalue weighted by atomic mass is 16.4. The molecule has 2 aromatic carbocycles. The average Bonchev–Trinajstić information content (AvgIpc) is 2.87. The molecule has 1 aliphatic heterocycles. The summed E-state index contributed by atoms with van der Waals surface area (Å²) in [6.45, 7) is 5.54. The Kier molecular flexibility index (Phi) is 7.96. The average molecular weight is 479 g/mol. The van der Waals surface area contributed by atoms with Crippen molar-refractivity contribution in [2.45, 2.75) is 45.1 Å². The predicted molar refractivity (Wildman–Crippen MR) is 141 cm³/mol. The zero-order valence-electron chi connectivity index (χ0n) is 21.2. The fraction of sp³-hybridized carbons (Fsp3) is 0.500. The number of carboxylic acid groups (broad SMARTS) is 1. The Morgan fingerprint density at radius 3 is 2.37 bits per heavy atom. The largest absolute Gasteiger partial charge is 0.465 e. The van der Waals surface area contributed by atoms with Gasteiger partial charge in [0.25, 0.3) is 5.91 Å². The van der Waals surface area contributed by atoms with Gasteiger partial charge in [-0.15, -0.1) is 0 Å². The number of piperidine rings is 1. The topological polar surface area (TPSA) is 76.1 Å². The fourth-order valence-corrected chi connectivity index (χ4v) is 5.42. The zero-order valence-corrected chi connectivity index (χ0v) is 21.2. The van der Waals surface area contributed by atoms with Crippen LogP contribution in [-0.2, 0) is 12.8 Å². The normalized spacial score (nSPS) is 18.3. The molecule has 2 aromatic rings. The van der Waals surface area contributed by atoms with Crippen molar-refractivity contribution in [1.82, 2.24) is 9.80 Å². The lowest BCUT2D eigenvalue weighted by atomic mass is 9.86. The zero-order chi connectivity index (χ0) is 24.9. The second-order valence-electron chi connectivity index (χ2n) is 10.1. The van der Waals surface area contributed by atoms with Gasteiger partial charge < -0.3 is 25.1 Å². The maximum Gasteiger partial charge on any atom is 0.407 e. The first-order valence-electron chi connectivity index (χ1n) is 12.8. The highest BCUT2D eigenvalue weighted by molar-refractivity contribution is 6.04. The number of rotatable bonds is 7. The Morgan fingerprint density at radius 2 is 1.74 bits per heavy atom. The number of benzene rings is 2. The van der Waals surface area contributed by atoms with Gasteiger partial charge in [0.1, 0.15) is 0 Å². The van der Waals surface area contributed by atoms with E-state index in [2.05, 4.69) is 29.3 Å². The van der Waals surface area contributed by atoms with Crippen LogP contribution in [0.15, 0.2) is 42.5 Å². The molecule has 188 valence electrons. The molecule has 0 spiro atoms. The Labute approximate surface area is 208 Å². The van der Waals surface area contributed by atoms with Gasteiger partial charge in [0.15, 0.2) is 0 Å². The first-order chi connectivity index (χ1) is 16.8. The van der Waals surface area contributed by atoms with Crippen molar-refractivity contribution in [3.63, 3.8) is 0 Å². The quantitative estimate of drug-likeness (QED) is 0.610. The van der Waals surface area contributed by atoms with E-state index < -0.39 is 6.09 Å². The van der Waals surface area contributed by atoms with Crippen molar-refractivity contribution >= 4 is 23.4 Å². The number of amides is 2. The number of likely N-dealkylation sites (tertiary alicyclic amines) is 1. The van der Waals surface area contributed by atoms with Gasteiger partial charge >= 0.3 is 6.09 Å². The molecule has 2 aliphatic rings. The van der Waals surface area contributed by atoms with Crippen molar-refractivity contribution in [2.75, 3.05) is 50.5 Å². The molecule has 35 heavy (non-hydrogen) atoms. The van der Waals surface area contributed by atoms with E-state index in [4.69, 9.17) is 0 Å². The van der Waals surface area contributed by atoms with Crippen LogP contribution in [0.2, 0.25) is 0 Å². The monoisotopic (exact) mass is 478 g/mol. The van der Waals surface area contributed by atoms with E-state index in [-0.39, 0.29) is 5.91 Å². The molecule has 0 aromatic heterocycles. The lowest BCUT2D eigenvalue weighted by Gasteiger charge is -2.39. The lowest BCUT2D eigenvalue weighted by Crippen LogP contribution is -2.45. The molecule has 7 heteroatoms. The van der Waals surface area contributed by atoms with Gasteiger partial charge in [0.2, 0.25) is 0 Å². The second kappa shape index (κ2) is 11.1. The van der Waals surface area contributed by atoms with Crippen LogP contribution in [-0.4, -0.2) is 73.2 Å². The van der Waals surface area contributed by atoms with Gasteiger partial charge in [-0.2, -0.15) is 0 Å². The molecule has 7 nitrogen and oxygen atoms in total. The van der Waals surface area contributed by atoms with E-state index in [1.54, 1.807) is 0 Å². The molecule has 2 N–H and O–H groups in total. The van der Waals surface area contributed by atoms with E-state index in [1.807, 2.05) is 49.3 Å². The number of nitrogens with zero attached hydrogens (tertiary/aromatic N) is 3. The smallest absolute Gasteiger partial charge is 0.407 e. The van der Waals surface area contributed by atoms with Crippen LogP contribution < -0.4 is 10.2 Å². The van der Waals surface area contributed by atoms with Gasteiger partial charge in [-0.1, -0.05) is 13.0 Å². The van der Waals surface area contributed by atoms with Crippen molar-refractivity contribution < 1.29 is 14.7 Å². The van der Waals surface area contributed by atoms with E-state index in [0.717, 1.165) is 56.6 Å². The molecule has 1 aliphatic carbocycles. The summed E-state index contributed by atoms with van der Waals surface area (Å²) in [5.41, 5.74) is 5.25. The number of carbonyl (C=O) groups excluding carboxylic acids is 1. The number of hydrogen-bond donors (Lipinski definition) is 2. The molecule has 0 bridgehead atoms. The molecular formula is C28H38N4O3. The Morgan fingerprint density at radius 1 is 1.03 bits per heavy atom. The van der Waals surface area contributed by atoms with E-state index >= 15 is 0 Å². The van der Waals surface area contributed by atoms with Crippen molar-refractivity contribution in [3.8, 4) is 0 Å². The number of carbonyl (C=O) groups is 2. The van der Waals surface area contributed by atoms with Crippen LogP contribution in [0.4, 0.5) is 16.2 Å². The van der Waals surface area contributed by atoms with Crippen LogP contribution in [0.1, 0.15) is 47.7 Å². The summed E-state index contributed by atoms with van der Waals surface area (Å²) in [6, 6.07) is 14.4. The summed E-state index contributed by atoms with van der Waals surface area (Å²) in [5.74, 6) is 0.460. The van der Waals surface area contributed by atoms with Crippen LogP contribution in [0.5, 0.6) is 0 Å². The SMILES string of the molecule is CCN(CC1CCN(C(=O)O)CC1)C1CCc2ccc(NC(=O)c3ccc(N(C)C)cc3)cc2C1. The third kappa shape index (κ3) is 6.14. The maximum atomic E-state index is 12.8. The predicted octanol–water partition coefficient (Wildman–Crippen LogP) is 4.57. The minimum Gasteiger partial charge on any atom is -0.465 e. The summed E-state index contributed by atoms with van der Waals surface area (Å²) in [4.78, 5) is 30.1. The fourth-order valence-electron chi connectivity index (χ4n) is 5.42. The molecule has 2 amide bonds. The van der Waals surface area contributed by atoms with Crippen LogP contribution >= 0.6 is 0 Å². The van der Waals surface area contributed by atoms with Gasteiger partial charge in [0, 0.05) is 56.7 Å². The summed E-state index contributed by atoms with van der Waals surface area (Å²) in [6.07, 6.45) is 4.26. The van der Waals surface area contributed by atoms with E-state index in [9.17, 15) is 14.7 Å². The molecular weight excluding hydrogens is 440 g/mol. The van der Waals surface area contributed by atoms with Crippen molar-refractivity contribution in [2.24, 2.45) is 5.92 Å². The number of fused-ring (bicyclic) bond motifs is 1. The number of likely N-dealkylation sites (N-methyl/N-ethyl adjacent to an activating group) is 1. The highest BCUT2D eigenvalue weighted by Crippen LogP contribution is 2.29. The Balaban J connectivity index is 1.37. The molecule has 4 rings (SSSR count). The molecule has 0 saturated carbocycles. The van der Waals surface area contributed by atoms with Crippen LogP contribution in [0.3, 0.4) is 0 Å². The van der Waals surface area contributed by atoms with Crippen LogP contribution in [0.25, 0.3) is 0 Å². The van der Waals surface area contributed by atoms with Gasteiger partial charge in [-0.25, -0.2) is 4.79 Å². The number of hydrogen-bond acceptors (Lipinski definition) is 4. The van der Waals surface area contributed by atoms with E-state index in [1.165, 1.54) is 16.0 Å². The summed E-state index contributed by atoms with van der Waals surface area (Å²) >= 11 is 0. The third-order valence-corrected chi connectivity index (χ3v) is 7.61. The van der Waals surface area contributed by atoms with Gasteiger partial charge in [-0.05, 0) is 92.1 Å². The Bertz CT molecular complexity index is 1030. The molecule has 1 saturated heterocycles. The van der Waals surface area contributed by atoms with Gasteiger partial charge in [-0.3, -0.25) is 4.79 Å². The van der Waals surface area contributed by atoms with Crippen molar-refractivity contribution in [3.05, 3.63) is 59.2 Å². The van der Waals surface area contributed by atoms with E-state index in [0.29, 0.717) is 30.6 Å². The van der Waals surface area contributed by atoms with Crippen LogP contribution in [0, 0.1) is 5.92 Å². The number of aryl methyl sites for hydroxylation is 1.